The summed E-state index contributed by atoms with van der Waals surface area (Å²) in [5.41, 5.74) is 2.41. The molecule has 0 unspecified atom stereocenters. The molecule has 0 N–H and O–H groups in total. The second-order valence-corrected chi connectivity index (χ2v) is 6.56. The molecule has 0 aromatic carbocycles. The van der Waals surface area contributed by atoms with E-state index < -0.39 is 0 Å². The maximum atomic E-state index is 4.53. The monoisotopic (exact) mass is 309 g/mol. The van der Waals surface area contributed by atoms with E-state index in [1.165, 1.54) is 39.2 Å². The van der Waals surface area contributed by atoms with Crippen LogP contribution in [0.25, 0.3) is 10.4 Å². The number of unbranched alkanes of at least 4 members (excludes halogenated alkanes) is 2. The molecule has 0 amide bonds. The summed E-state index contributed by atoms with van der Waals surface area (Å²) < 4.78 is 1.17. The average molecular weight is 310 g/mol. The van der Waals surface area contributed by atoms with Gasteiger partial charge in [0.1, 0.15) is 0 Å². The van der Waals surface area contributed by atoms with Crippen molar-refractivity contribution in [1.29, 1.82) is 0 Å². The highest BCUT2D eigenvalue weighted by atomic mass is 79.9. The minimum atomic E-state index is 1.10. The number of nitrogens with zero attached hydrogens (tertiary/aromatic N) is 1. The minimum absolute atomic E-state index is 1.10. The highest BCUT2D eigenvalue weighted by Crippen LogP contribution is 2.30. The van der Waals surface area contributed by atoms with Crippen molar-refractivity contribution < 1.29 is 0 Å². The zero-order valence-corrected chi connectivity index (χ0v) is 12.4. The van der Waals surface area contributed by atoms with E-state index in [0.717, 1.165) is 6.42 Å². The molecule has 0 bridgehead atoms. The molecule has 0 saturated heterocycles. The van der Waals surface area contributed by atoms with Gasteiger partial charge in [0.05, 0.1) is 3.79 Å². The van der Waals surface area contributed by atoms with Crippen LogP contribution in [0.2, 0.25) is 0 Å². The molecule has 0 aliphatic carbocycles. The Kier molecular flexibility index (Phi) is 4.75. The van der Waals surface area contributed by atoms with Crippen LogP contribution in [0.15, 0.2) is 34.2 Å². The Morgan fingerprint density at radius 1 is 1.18 bits per heavy atom. The van der Waals surface area contributed by atoms with E-state index in [1.54, 1.807) is 11.3 Å². The minimum Gasteiger partial charge on any atom is -0.261 e. The second kappa shape index (κ2) is 6.31. The predicted octanol–water partition coefficient (Wildman–Crippen LogP) is 5.31. The summed E-state index contributed by atoms with van der Waals surface area (Å²) in [5.74, 6) is 0. The smallest absolute Gasteiger partial charge is 0.0705 e. The van der Waals surface area contributed by atoms with E-state index in [2.05, 4.69) is 52.1 Å². The van der Waals surface area contributed by atoms with Crippen LogP contribution >= 0.6 is 27.3 Å². The molecule has 1 nitrogen and oxygen atoms in total. The number of aryl methyl sites for hydroxylation is 1. The van der Waals surface area contributed by atoms with E-state index in [1.807, 2.05) is 6.20 Å². The molecule has 0 saturated carbocycles. The first-order valence-electron chi connectivity index (χ1n) is 6.00. The maximum absolute atomic E-state index is 4.53. The van der Waals surface area contributed by atoms with Gasteiger partial charge in [0, 0.05) is 22.3 Å². The van der Waals surface area contributed by atoms with Crippen molar-refractivity contribution in [2.75, 3.05) is 0 Å². The fourth-order valence-corrected chi connectivity index (χ4v) is 3.12. The fourth-order valence-electron chi connectivity index (χ4n) is 1.74. The van der Waals surface area contributed by atoms with Gasteiger partial charge in [0.15, 0.2) is 0 Å². The van der Waals surface area contributed by atoms with Crippen LogP contribution in [0.1, 0.15) is 31.9 Å². The first-order valence-corrected chi connectivity index (χ1v) is 7.61. The summed E-state index contributed by atoms with van der Waals surface area (Å²) in [4.78, 5) is 5.80. The van der Waals surface area contributed by atoms with Gasteiger partial charge >= 0.3 is 0 Å². The van der Waals surface area contributed by atoms with E-state index in [0.29, 0.717) is 0 Å². The molecule has 0 atom stereocenters. The summed E-state index contributed by atoms with van der Waals surface area (Å²) in [7, 11) is 0. The van der Waals surface area contributed by atoms with Crippen molar-refractivity contribution in [2.24, 2.45) is 0 Å². The fraction of sp³-hybridized carbons (Fsp3) is 0.357. The zero-order valence-electron chi connectivity index (χ0n) is 9.95. The lowest BCUT2D eigenvalue weighted by Gasteiger charge is -2.01. The molecule has 0 radical (unpaired) electrons. The Balaban J connectivity index is 2.02. The van der Waals surface area contributed by atoms with Gasteiger partial charge in [-0.15, -0.1) is 11.3 Å². The Labute approximate surface area is 115 Å². The standard InChI is InChI=1S/C14H16BrNS/c1-2-3-4-5-12-7-6-11(10-16-12)13-8-9-14(15)17-13/h6-10H,2-5H2,1H3. The topological polar surface area (TPSA) is 12.9 Å². The number of hydrogen-bond acceptors (Lipinski definition) is 2. The lowest BCUT2D eigenvalue weighted by Crippen LogP contribution is -1.89. The summed E-state index contributed by atoms with van der Waals surface area (Å²) in [6.07, 6.45) is 6.89. The van der Waals surface area contributed by atoms with E-state index in [-0.39, 0.29) is 0 Å². The van der Waals surface area contributed by atoms with Crippen molar-refractivity contribution in [2.45, 2.75) is 32.6 Å². The van der Waals surface area contributed by atoms with Crippen LogP contribution in [0, 0.1) is 0 Å². The van der Waals surface area contributed by atoms with Crippen LogP contribution < -0.4 is 0 Å². The number of aromatic nitrogens is 1. The first kappa shape index (κ1) is 12.8. The number of thiophene rings is 1. The van der Waals surface area contributed by atoms with Crippen molar-refractivity contribution in [1.82, 2.24) is 4.98 Å². The quantitative estimate of drug-likeness (QED) is 0.682. The molecular formula is C14H16BrNS. The number of halogens is 1. The third kappa shape index (κ3) is 3.65. The average Bonchev–Trinajstić information content (AvgIpc) is 2.77. The lowest BCUT2D eigenvalue weighted by atomic mass is 10.1. The van der Waals surface area contributed by atoms with Gasteiger partial charge in [-0.05, 0) is 47.0 Å². The van der Waals surface area contributed by atoms with Gasteiger partial charge in [-0.1, -0.05) is 25.8 Å². The number of rotatable bonds is 5. The lowest BCUT2D eigenvalue weighted by molar-refractivity contribution is 0.707. The van der Waals surface area contributed by atoms with E-state index in [4.69, 9.17) is 0 Å². The van der Waals surface area contributed by atoms with E-state index in [9.17, 15) is 0 Å². The van der Waals surface area contributed by atoms with Gasteiger partial charge in [0.25, 0.3) is 0 Å². The Morgan fingerprint density at radius 2 is 2.06 bits per heavy atom. The molecule has 2 rings (SSSR count). The molecule has 90 valence electrons. The van der Waals surface area contributed by atoms with Crippen LogP contribution in [0.4, 0.5) is 0 Å². The molecule has 2 aromatic heterocycles. The second-order valence-electron chi connectivity index (χ2n) is 4.10. The largest absolute Gasteiger partial charge is 0.261 e. The Bertz CT molecular complexity index is 461. The zero-order chi connectivity index (χ0) is 12.1. The van der Waals surface area contributed by atoms with Crippen molar-refractivity contribution in [3.63, 3.8) is 0 Å². The summed E-state index contributed by atoms with van der Waals surface area (Å²) >= 11 is 5.23. The summed E-state index contributed by atoms with van der Waals surface area (Å²) in [5, 5.41) is 0. The van der Waals surface area contributed by atoms with Crippen LogP contribution in [-0.2, 0) is 6.42 Å². The third-order valence-electron chi connectivity index (χ3n) is 2.72. The maximum Gasteiger partial charge on any atom is 0.0705 e. The number of hydrogen-bond donors (Lipinski definition) is 0. The first-order chi connectivity index (χ1) is 8.29. The van der Waals surface area contributed by atoms with Gasteiger partial charge in [-0.2, -0.15) is 0 Å². The molecule has 0 aliphatic rings. The molecule has 0 aliphatic heterocycles. The molecular weight excluding hydrogens is 294 g/mol. The van der Waals surface area contributed by atoms with Gasteiger partial charge in [0.2, 0.25) is 0 Å². The van der Waals surface area contributed by atoms with Gasteiger partial charge in [-0.3, -0.25) is 4.98 Å². The van der Waals surface area contributed by atoms with Gasteiger partial charge < -0.3 is 0 Å². The van der Waals surface area contributed by atoms with Crippen LogP contribution in [0.3, 0.4) is 0 Å². The van der Waals surface area contributed by atoms with Gasteiger partial charge in [-0.25, -0.2) is 0 Å². The van der Waals surface area contributed by atoms with Crippen LogP contribution in [-0.4, -0.2) is 4.98 Å². The highest BCUT2D eigenvalue weighted by Gasteiger charge is 2.02. The molecule has 0 spiro atoms. The van der Waals surface area contributed by atoms with Crippen LogP contribution in [0.5, 0.6) is 0 Å². The molecule has 3 heteroatoms. The molecule has 2 heterocycles. The summed E-state index contributed by atoms with van der Waals surface area (Å²) in [6, 6.07) is 8.53. The summed E-state index contributed by atoms with van der Waals surface area (Å²) in [6.45, 7) is 2.23. The van der Waals surface area contributed by atoms with Crippen molar-refractivity contribution >= 4 is 27.3 Å². The van der Waals surface area contributed by atoms with E-state index >= 15 is 0 Å². The molecule has 17 heavy (non-hydrogen) atoms. The normalized spacial score (nSPS) is 10.7. The third-order valence-corrected chi connectivity index (χ3v) is 4.39. The highest BCUT2D eigenvalue weighted by molar-refractivity contribution is 9.11. The van der Waals surface area contributed by atoms with Crippen molar-refractivity contribution in [3.05, 3.63) is 39.9 Å². The predicted molar refractivity (Wildman–Crippen MR) is 78.5 cm³/mol. The molecule has 0 fully saturated rings. The SMILES string of the molecule is CCCCCc1ccc(-c2ccc(Br)s2)cn1. The number of pyridine rings is 1. The molecule has 2 aromatic rings. The Hall–Kier alpha value is -0.670. The Morgan fingerprint density at radius 3 is 2.65 bits per heavy atom. The van der Waals surface area contributed by atoms with Crippen molar-refractivity contribution in [3.8, 4) is 10.4 Å².